The van der Waals surface area contributed by atoms with Crippen LogP contribution in [0.4, 0.5) is 0 Å². The fourth-order valence-electron chi connectivity index (χ4n) is 1.53. The van der Waals surface area contributed by atoms with Crippen molar-refractivity contribution in [3.8, 4) is 0 Å². The molecule has 0 aromatic rings. The molecule has 0 aromatic carbocycles. The summed E-state index contributed by atoms with van der Waals surface area (Å²) in [7, 11) is -4.68. The lowest BCUT2D eigenvalue weighted by molar-refractivity contribution is -0.161. The van der Waals surface area contributed by atoms with Crippen LogP contribution in [0.3, 0.4) is 0 Å². The number of rotatable bonds is 12. The third-order valence-electron chi connectivity index (χ3n) is 2.68. The summed E-state index contributed by atoms with van der Waals surface area (Å²) in [6.07, 6.45) is 2.95. The van der Waals surface area contributed by atoms with Crippen molar-refractivity contribution in [2.24, 2.45) is 0 Å². The van der Waals surface area contributed by atoms with Gasteiger partial charge < -0.3 is 19.3 Å². The molecule has 9 heteroatoms. The lowest BCUT2D eigenvalue weighted by Gasteiger charge is -2.18. The van der Waals surface area contributed by atoms with E-state index in [0.29, 0.717) is 6.42 Å². The Morgan fingerprint density at radius 1 is 1.05 bits per heavy atom. The van der Waals surface area contributed by atoms with E-state index in [1.54, 1.807) is 6.92 Å². The fraction of sp³-hybridized carbons (Fsp3) is 0.846. The number of phosphoric ester groups is 1. The largest absolute Gasteiger partial charge is 0.469 e. The molecule has 0 radical (unpaired) electrons. The smallest absolute Gasteiger partial charge is 0.462 e. The minimum atomic E-state index is -4.68. The molecule has 0 bridgehead atoms. The van der Waals surface area contributed by atoms with Crippen molar-refractivity contribution in [3.63, 3.8) is 0 Å². The molecule has 2 N–H and O–H groups in total. The van der Waals surface area contributed by atoms with E-state index in [1.807, 2.05) is 0 Å². The van der Waals surface area contributed by atoms with E-state index in [4.69, 9.17) is 19.3 Å². The Labute approximate surface area is 130 Å². The molecule has 0 spiro atoms. The second kappa shape index (κ2) is 11.6. The van der Waals surface area contributed by atoms with Crippen molar-refractivity contribution in [1.82, 2.24) is 0 Å². The van der Waals surface area contributed by atoms with E-state index in [1.165, 1.54) is 0 Å². The molecule has 0 amide bonds. The molecule has 8 nitrogen and oxygen atoms in total. The molecule has 0 aliphatic heterocycles. The van der Waals surface area contributed by atoms with Crippen LogP contribution in [0, 0.1) is 0 Å². The SMILES string of the molecule is CCCCCCC(=O)OC(COC(=O)CC)COP(=O)(O)O. The monoisotopic (exact) mass is 340 g/mol. The molecule has 1 atom stereocenters. The first-order chi connectivity index (χ1) is 10.3. The van der Waals surface area contributed by atoms with Gasteiger partial charge in [0.25, 0.3) is 0 Å². The van der Waals surface area contributed by atoms with Gasteiger partial charge in [0.05, 0.1) is 6.61 Å². The number of carbonyl (C=O) groups excluding carboxylic acids is 2. The van der Waals surface area contributed by atoms with Gasteiger partial charge in [-0.1, -0.05) is 33.1 Å². The van der Waals surface area contributed by atoms with Gasteiger partial charge in [0.1, 0.15) is 6.61 Å². The van der Waals surface area contributed by atoms with Crippen molar-refractivity contribution < 1.29 is 37.9 Å². The molecule has 0 saturated carbocycles. The average Bonchev–Trinajstić information content (AvgIpc) is 2.45. The quantitative estimate of drug-likeness (QED) is 0.314. The van der Waals surface area contributed by atoms with Gasteiger partial charge in [-0.05, 0) is 6.42 Å². The van der Waals surface area contributed by atoms with E-state index in [2.05, 4.69) is 11.4 Å². The normalized spacial score (nSPS) is 12.7. The highest BCUT2D eigenvalue weighted by Gasteiger charge is 2.22. The van der Waals surface area contributed by atoms with Crippen molar-refractivity contribution in [2.75, 3.05) is 13.2 Å². The third-order valence-corrected chi connectivity index (χ3v) is 3.17. The summed E-state index contributed by atoms with van der Waals surface area (Å²) >= 11 is 0. The lowest BCUT2D eigenvalue weighted by Crippen LogP contribution is -2.29. The number of esters is 2. The van der Waals surface area contributed by atoms with Crippen LogP contribution in [0.25, 0.3) is 0 Å². The molecule has 130 valence electrons. The molecular formula is C13H25O8P. The van der Waals surface area contributed by atoms with E-state index < -0.39 is 32.5 Å². The van der Waals surface area contributed by atoms with Crippen LogP contribution in [0.5, 0.6) is 0 Å². The number of carbonyl (C=O) groups is 2. The summed E-state index contributed by atoms with van der Waals surface area (Å²) in [5, 5.41) is 0. The van der Waals surface area contributed by atoms with Crippen LogP contribution in [-0.4, -0.2) is 41.0 Å². The minimum absolute atomic E-state index is 0.150. The summed E-state index contributed by atoms with van der Waals surface area (Å²) in [6.45, 7) is 2.81. The first-order valence-corrected chi connectivity index (χ1v) is 8.86. The Morgan fingerprint density at radius 2 is 1.73 bits per heavy atom. The Morgan fingerprint density at radius 3 is 2.27 bits per heavy atom. The first-order valence-electron chi connectivity index (χ1n) is 7.33. The van der Waals surface area contributed by atoms with Gasteiger partial charge in [-0.25, -0.2) is 4.57 Å². The van der Waals surface area contributed by atoms with E-state index in [9.17, 15) is 14.2 Å². The van der Waals surface area contributed by atoms with Gasteiger partial charge in [0.15, 0.2) is 6.10 Å². The highest BCUT2D eigenvalue weighted by molar-refractivity contribution is 7.46. The number of unbranched alkanes of at least 4 members (excludes halogenated alkanes) is 3. The van der Waals surface area contributed by atoms with Crippen LogP contribution in [0.15, 0.2) is 0 Å². The van der Waals surface area contributed by atoms with E-state index in [0.717, 1.165) is 19.3 Å². The maximum Gasteiger partial charge on any atom is 0.469 e. The molecule has 0 aromatic heterocycles. The summed E-state index contributed by atoms with van der Waals surface area (Å²) < 4.78 is 24.8. The predicted octanol–water partition coefficient (Wildman–Crippen LogP) is 1.93. The molecule has 0 saturated heterocycles. The Bertz CT molecular complexity index is 378. The molecule has 1 unspecified atom stereocenters. The number of ether oxygens (including phenoxy) is 2. The fourth-order valence-corrected chi connectivity index (χ4v) is 1.89. The van der Waals surface area contributed by atoms with Crippen LogP contribution in [0.2, 0.25) is 0 Å². The number of hydrogen-bond donors (Lipinski definition) is 2. The summed E-state index contributed by atoms with van der Waals surface area (Å²) in [5.41, 5.74) is 0. The standard InChI is InChI=1S/C13H25O8P/c1-3-5-6-7-8-13(15)21-11(9-19-12(14)4-2)10-20-22(16,17)18/h11H,3-10H2,1-2H3,(H2,16,17,18). The molecular weight excluding hydrogens is 315 g/mol. The molecule has 0 aliphatic rings. The van der Waals surface area contributed by atoms with Gasteiger partial charge in [-0.3, -0.25) is 14.1 Å². The third kappa shape index (κ3) is 12.8. The zero-order chi connectivity index (χ0) is 17.0. The molecule has 0 rings (SSSR count). The Balaban J connectivity index is 4.28. The topological polar surface area (TPSA) is 119 Å². The first kappa shape index (κ1) is 21.0. The maximum atomic E-state index is 11.6. The highest BCUT2D eigenvalue weighted by atomic mass is 31.2. The van der Waals surface area contributed by atoms with E-state index in [-0.39, 0.29) is 19.4 Å². The van der Waals surface area contributed by atoms with Gasteiger partial charge >= 0.3 is 19.8 Å². The summed E-state index contributed by atoms with van der Waals surface area (Å²) in [6, 6.07) is 0. The summed E-state index contributed by atoms with van der Waals surface area (Å²) in [4.78, 5) is 40.1. The van der Waals surface area contributed by atoms with Crippen molar-refractivity contribution in [1.29, 1.82) is 0 Å². The second-order valence-electron chi connectivity index (χ2n) is 4.75. The minimum Gasteiger partial charge on any atom is -0.462 e. The molecule has 0 fully saturated rings. The van der Waals surface area contributed by atoms with Gasteiger partial charge in [-0.2, -0.15) is 0 Å². The zero-order valence-corrected chi connectivity index (χ0v) is 13.9. The molecule has 0 aliphatic carbocycles. The number of hydrogen-bond acceptors (Lipinski definition) is 6. The lowest BCUT2D eigenvalue weighted by atomic mass is 10.1. The summed E-state index contributed by atoms with van der Waals surface area (Å²) in [5.74, 6) is -1.01. The van der Waals surface area contributed by atoms with Crippen LogP contribution >= 0.6 is 7.82 Å². The Hall–Kier alpha value is -0.950. The van der Waals surface area contributed by atoms with E-state index >= 15 is 0 Å². The molecule has 0 heterocycles. The van der Waals surface area contributed by atoms with Gasteiger partial charge in [0.2, 0.25) is 0 Å². The van der Waals surface area contributed by atoms with Crippen molar-refractivity contribution >= 4 is 19.8 Å². The molecule has 22 heavy (non-hydrogen) atoms. The van der Waals surface area contributed by atoms with Crippen LogP contribution in [0.1, 0.15) is 52.4 Å². The number of phosphoric acid groups is 1. The van der Waals surface area contributed by atoms with Crippen molar-refractivity contribution in [3.05, 3.63) is 0 Å². The second-order valence-corrected chi connectivity index (χ2v) is 5.98. The average molecular weight is 340 g/mol. The van der Waals surface area contributed by atoms with Crippen molar-refractivity contribution in [2.45, 2.75) is 58.5 Å². The highest BCUT2D eigenvalue weighted by Crippen LogP contribution is 2.35. The van der Waals surface area contributed by atoms with Gasteiger partial charge in [0, 0.05) is 12.8 Å². The van der Waals surface area contributed by atoms with Crippen LogP contribution in [-0.2, 0) is 28.2 Å². The van der Waals surface area contributed by atoms with Gasteiger partial charge in [-0.15, -0.1) is 0 Å². The van der Waals surface area contributed by atoms with Crippen LogP contribution < -0.4 is 0 Å². The maximum absolute atomic E-state index is 11.6. The Kier molecular flexibility index (Phi) is 11.1. The zero-order valence-electron chi connectivity index (χ0n) is 13.0. The predicted molar refractivity (Wildman–Crippen MR) is 77.9 cm³/mol.